The summed E-state index contributed by atoms with van der Waals surface area (Å²) in [6.45, 7) is 0.849. The Morgan fingerprint density at radius 1 is 1.21 bits per heavy atom. The van der Waals surface area contributed by atoms with E-state index in [4.69, 9.17) is 4.74 Å². The lowest BCUT2D eigenvalue weighted by Crippen LogP contribution is -2.24. The lowest BCUT2D eigenvalue weighted by Gasteiger charge is -2.17. The Balaban J connectivity index is 1.61. The summed E-state index contributed by atoms with van der Waals surface area (Å²) in [7, 11) is 0. The summed E-state index contributed by atoms with van der Waals surface area (Å²) in [5.74, 6) is 0.497. The number of carbonyl (C=O) groups is 2. The van der Waals surface area contributed by atoms with Crippen LogP contribution in [0.1, 0.15) is 18.4 Å². The molecule has 5 heteroatoms. The van der Waals surface area contributed by atoms with Gasteiger partial charge in [-0.2, -0.15) is 0 Å². The van der Waals surface area contributed by atoms with Crippen molar-refractivity contribution >= 4 is 17.9 Å². The number of amides is 1. The molecule has 4 nitrogen and oxygen atoms in total. The third-order valence-corrected chi connectivity index (χ3v) is 4.08. The van der Waals surface area contributed by atoms with Gasteiger partial charge in [-0.25, -0.2) is 4.39 Å². The van der Waals surface area contributed by atoms with Crippen molar-refractivity contribution in [2.24, 2.45) is 5.92 Å². The molecule has 2 aromatic carbocycles. The van der Waals surface area contributed by atoms with Gasteiger partial charge in [0, 0.05) is 25.1 Å². The Morgan fingerprint density at radius 3 is 2.71 bits per heavy atom. The molecule has 0 aromatic heterocycles. The van der Waals surface area contributed by atoms with E-state index >= 15 is 0 Å². The minimum atomic E-state index is -0.288. The number of rotatable bonds is 6. The quantitative estimate of drug-likeness (QED) is 0.765. The van der Waals surface area contributed by atoms with E-state index in [-0.39, 0.29) is 24.2 Å². The van der Waals surface area contributed by atoms with Gasteiger partial charge < -0.3 is 14.4 Å². The normalized spacial score (nSPS) is 17.1. The first-order chi connectivity index (χ1) is 11.7. The molecule has 1 aliphatic rings. The molecule has 1 fully saturated rings. The molecule has 0 saturated carbocycles. The zero-order chi connectivity index (χ0) is 16.9. The van der Waals surface area contributed by atoms with Crippen LogP contribution in [0.4, 0.5) is 10.1 Å². The van der Waals surface area contributed by atoms with Crippen LogP contribution in [0, 0.1) is 11.7 Å². The first-order valence-corrected chi connectivity index (χ1v) is 7.87. The zero-order valence-electron chi connectivity index (χ0n) is 13.2. The van der Waals surface area contributed by atoms with Crippen molar-refractivity contribution in [3.8, 4) is 5.75 Å². The zero-order valence-corrected chi connectivity index (χ0v) is 13.2. The number of aldehydes is 1. The second-order valence-corrected chi connectivity index (χ2v) is 5.89. The number of anilines is 1. The van der Waals surface area contributed by atoms with Crippen molar-refractivity contribution in [1.29, 1.82) is 0 Å². The lowest BCUT2D eigenvalue weighted by atomic mass is 10.1. The SMILES string of the molecule is O=CCC1CC(=O)N(c2ccc(OCc3cccc(F)c3)cc2)C1. The van der Waals surface area contributed by atoms with Gasteiger partial charge in [0.1, 0.15) is 24.5 Å². The van der Waals surface area contributed by atoms with Gasteiger partial charge >= 0.3 is 0 Å². The fraction of sp³-hybridized carbons (Fsp3) is 0.263. The summed E-state index contributed by atoms with van der Waals surface area (Å²) in [6, 6.07) is 13.5. The topological polar surface area (TPSA) is 46.6 Å². The average molecular weight is 327 g/mol. The van der Waals surface area contributed by atoms with Crippen molar-refractivity contribution in [2.75, 3.05) is 11.4 Å². The van der Waals surface area contributed by atoms with Crippen LogP contribution >= 0.6 is 0 Å². The summed E-state index contributed by atoms with van der Waals surface area (Å²) < 4.78 is 18.8. The molecule has 124 valence electrons. The molecule has 1 heterocycles. The summed E-state index contributed by atoms with van der Waals surface area (Å²) in [5.41, 5.74) is 1.55. The maximum atomic E-state index is 13.1. The molecule has 3 rings (SSSR count). The van der Waals surface area contributed by atoms with Crippen molar-refractivity contribution < 1.29 is 18.7 Å². The molecule has 24 heavy (non-hydrogen) atoms. The smallest absolute Gasteiger partial charge is 0.227 e. The fourth-order valence-corrected chi connectivity index (χ4v) is 2.84. The number of carbonyl (C=O) groups excluding carboxylic acids is 2. The van der Waals surface area contributed by atoms with E-state index in [1.807, 2.05) is 12.1 Å². The van der Waals surface area contributed by atoms with Crippen molar-refractivity contribution in [3.05, 3.63) is 59.9 Å². The van der Waals surface area contributed by atoms with Crippen LogP contribution in [0.15, 0.2) is 48.5 Å². The summed E-state index contributed by atoms with van der Waals surface area (Å²) in [4.78, 5) is 24.3. The van der Waals surface area contributed by atoms with Gasteiger partial charge in [-0.3, -0.25) is 4.79 Å². The second kappa shape index (κ2) is 7.25. The van der Waals surface area contributed by atoms with Crippen LogP contribution in [-0.4, -0.2) is 18.7 Å². The summed E-state index contributed by atoms with van der Waals surface area (Å²) in [5, 5.41) is 0. The molecule has 0 N–H and O–H groups in total. The van der Waals surface area contributed by atoms with E-state index in [0.717, 1.165) is 17.5 Å². The van der Waals surface area contributed by atoms with E-state index in [1.165, 1.54) is 12.1 Å². The van der Waals surface area contributed by atoms with Crippen LogP contribution < -0.4 is 9.64 Å². The first kappa shape index (κ1) is 16.2. The highest BCUT2D eigenvalue weighted by Gasteiger charge is 2.30. The van der Waals surface area contributed by atoms with Gasteiger partial charge in [0.15, 0.2) is 0 Å². The summed E-state index contributed by atoms with van der Waals surface area (Å²) >= 11 is 0. The molecule has 1 atom stereocenters. The Kier molecular flexibility index (Phi) is 4.89. The largest absolute Gasteiger partial charge is 0.489 e. The van der Waals surface area contributed by atoms with E-state index in [9.17, 15) is 14.0 Å². The standard InChI is InChI=1S/C19H18FNO3/c20-16-3-1-2-15(10-16)13-24-18-6-4-17(5-7-18)21-12-14(8-9-22)11-19(21)23/h1-7,9-10,14H,8,11-13H2. The molecule has 2 aromatic rings. The molecule has 0 aliphatic carbocycles. The van der Waals surface area contributed by atoms with Crippen LogP contribution in [0.25, 0.3) is 0 Å². The van der Waals surface area contributed by atoms with Crippen LogP contribution in [0.2, 0.25) is 0 Å². The number of ether oxygens (including phenoxy) is 1. The van der Waals surface area contributed by atoms with Crippen LogP contribution in [-0.2, 0) is 16.2 Å². The molecule has 1 amide bonds. The van der Waals surface area contributed by atoms with E-state index in [2.05, 4.69) is 0 Å². The highest BCUT2D eigenvalue weighted by atomic mass is 19.1. The highest BCUT2D eigenvalue weighted by molar-refractivity contribution is 5.96. The number of nitrogens with zero attached hydrogens (tertiary/aromatic N) is 1. The van der Waals surface area contributed by atoms with E-state index in [0.29, 0.717) is 25.1 Å². The molecular weight excluding hydrogens is 309 g/mol. The number of halogens is 1. The average Bonchev–Trinajstić information content (AvgIpc) is 2.94. The Morgan fingerprint density at radius 2 is 2.00 bits per heavy atom. The lowest BCUT2D eigenvalue weighted by molar-refractivity contribution is -0.117. The van der Waals surface area contributed by atoms with Gasteiger partial charge in [-0.1, -0.05) is 12.1 Å². The van der Waals surface area contributed by atoms with Gasteiger partial charge in [0.2, 0.25) is 5.91 Å². The molecule has 0 bridgehead atoms. The van der Waals surface area contributed by atoms with E-state index < -0.39 is 0 Å². The van der Waals surface area contributed by atoms with Gasteiger partial charge in [0.05, 0.1) is 0 Å². The Bertz CT molecular complexity index is 730. The molecule has 0 spiro atoms. The van der Waals surface area contributed by atoms with Gasteiger partial charge in [0.25, 0.3) is 0 Å². The predicted octanol–water partition coefficient (Wildman–Crippen LogP) is 3.35. The third-order valence-electron chi connectivity index (χ3n) is 4.08. The second-order valence-electron chi connectivity index (χ2n) is 5.89. The summed E-state index contributed by atoms with van der Waals surface area (Å²) in [6.07, 6.45) is 1.69. The third kappa shape index (κ3) is 3.79. The molecule has 1 saturated heterocycles. The van der Waals surface area contributed by atoms with Crippen molar-refractivity contribution in [3.63, 3.8) is 0 Å². The fourth-order valence-electron chi connectivity index (χ4n) is 2.84. The molecule has 1 unspecified atom stereocenters. The maximum absolute atomic E-state index is 13.1. The number of hydrogen-bond acceptors (Lipinski definition) is 3. The van der Waals surface area contributed by atoms with Crippen molar-refractivity contribution in [2.45, 2.75) is 19.4 Å². The maximum Gasteiger partial charge on any atom is 0.227 e. The Hall–Kier alpha value is -2.69. The minimum Gasteiger partial charge on any atom is -0.489 e. The Labute approximate surface area is 139 Å². The van der Waals surface area contributed by atoms with Crippen LogP contribution in [0.5, 0.6) is 5.75 Å². The molecule has 0 radical (unpaired) electrons. The first-order valence-electron chi connectivity index (χ1n) is 7.87. The monoisotopic (exact) mass is 327 g/mol. The molecule has 1 aliphatic heterocycles. The predicted molar refractivity (Wildman–Crippen MR) is 88.3 cm³/mol. The van der Waals surface area contributed by atoms with Gasteiger partial charge in [-0.05, 0) is 47.9 Å². The molecular formula is C19H18FNO3. The minimum absolute atomic E-state index is 0.0373. The van der Waals surface area contributed by atoms with Crippen molar-refractivity contribution in [1.82, 2.24) is 0 Å². The van der Waals surface area contributed by atoms with Crippen LogP contribution in [0.3, 0.4) is 0 Å². The number of benzene rings is 2. The van der Waals surface area contributed by atoms with Gasteiger partial charge in [-0.15, -0.1) is 0 Å². The number of hydrogen-bond donors (Lipinski definition) is 0. The van der Waals surface area contributed by atoms with E-state index in [1.54, 1.807) is 29.2 Å². The highest BCUT2D eigenvalue weighted by Crippen LogP contribution is 2.28.